The van der Waals surface area contributed by atoms with Gasteiger partial charge in [-0.05, 0) is 43.3 Å². The van der Waals surface area contributed by atoms with Crippen molar-refractivity contribution in [3.05, 3.63) is 29.6 Å². The zero-order valence-electron chi connectivity index (χ0n) is 15.7. The van der Waals surface area contributed by atoms with Crippen LogP contribution in [0.3, 0.4) is 0 Å². The van der Waals surface area contributed by atoms with Crippen LogP contribution in [0.25, 0.3) is 0 Å². The Morgan fingerprint density at radius 2 is 1.96 bits per heavy atom. The fourth-order valence-corrected chi connectivity index (χ4v) is 3.83. The Morgan fingerprint density at radius 1 is 1.29 bits per heavy atom. The molecule has 1 rings (SSSR count). The molecule has 0 spiro atoms. The molecule has 2 atom stereocenters. The number of hydrogen-bond donors (Lipinski definition) is 2. The van der Waals surface area contributed by atoms with Gasteiger partial charge in [-0.2, -0.15) is 5.10 Å². The predicted molar refractivity (Wildman–Crippen MR) is 106 cm³/mol. The molecule has 0 aromatic carbocycles. The summed E-state index contributed by atoms with van der Waals surface area (Å²) in [5.41, 5.74) is 4.71. The van der Waals surface area contributed by atoms with Crippen molar-refractivity contribution in [2.24, 2.45) is 10.9 Å². The minimum Gasteiger partial charge on any atom is -0.302 e. The highest BCUT2D eigenvalue weighted by Gasteiger charge is 2.23. The molecule has 0 aliphatic heterocycles. The molecule has 24 heavy (non-hydrogen) atoms. The maximum Gasteiger partial charge on any atom is 0.123 e. The summed E-state index contributed by atoms with van der Waals surface area (Å²) in [6, 6.07) is 4.74. The molecule has 0 saturated heterocycles. The molecule has 136 valence electrons. The Kier molecular flexibility index (Phi) is 9.79. The van der Waals surface area contributed by atoms with Gasteiger partial charge < -0.3 is 4.31 Å². The molecule has 0 saturated carbocycles. The van der Waals surface area contributed by atoms with Gasteiger partial charge in [0.15, 0.2) is 0 Å². The summed E-state index contributed by atoms with van der Waals surface area (Å²) in [7, 11) is 0. The Balaban J connectivity index is 2.82. The third-order valence-corrected chi connectivity index (χ3v) is 5.62. The lowest BCUT2D eigenvalue weighted by atomic mass is 10.0. The number of pyridine rings is 1. The van der Waals surface area contributed by atoms with Gasteiger partial charge in [-0.15, -0.1) is 0 Å². The van der Waals surface area contributed by atoms with Gasteiger partial charge in [0, 0.05) is 29.1 Å². The molecule has 0 aliphatic rings. The third-order valence-electron chi connectivity index (χ3n) is 4.24. The molecule has 0 radical (unpaired) electrons. The first-order valence-electron chi connectivity index (χ1n) is 8.89. The van der Waals surface area contributed by atoms with Gasteiger partial charge in [0.2, 0.25) is 0 Å². The maximum atomic E-state index is 5.33. The van der Waals surface area contributed by atoms with Crippen molar-refractivity contribution in [2.45, 2.75) is 77.5 Å². The molecule has 1 heterocycles. The van der Waals surface area contributed by atoms with Gasteiger partial charge in [-0.3, -0.25) is 4.98 Å². The largest absolute Gasteiger partial charge is 0.302 e. The first-order chi connectivity index (χ1) is 11.5. The van der Waals surface area contributed by atoms with E-state index in [2.05, 4.69) is 66.7 Å². The molecule has 6 heteroatoms. The van der Waals surface area contributed by atoms with Crippen molar-refractivity contribution >= 4 is 18.3 Å². The van der Waals surface area contributed by atoms with Crippen LogP contribution in [0.4, 0.5) is 0 Å². The second-order valence-corrected chi connectivity index (χ2v) is 7.70. The summed E-state index contributed by atoms with van der Waals surface area (Å²) in [5, 5.41) is 4.44. The Hall–Kier alpha value is -1.27. The second-order valence-electron chi connectivity index (χ2n) is 6.32. The van der Waals surface area contributed by atoms with E-state index in [9.17, 15) is 0 Å². The summed E-state index contributed by atoms with van der Waals surface area (Å²) < 4.78 is 2.27. The molecule has 3 N–H and O–H groups in total. The fraction of sp³-hybridized carbons (Fsp3) is 0.667. The van der Waals surface area contributed by atoms with Gasteiger partial charge >= 0.3 is 0 Å². The van der Waals surface area contributed by atoms with E-state index in [0.29, 0.717) is 17.2 Å². The quantitative estimate of drug-likeness (QED) is 0.205. The van der Waals surface area contributed by atoms with Gasteiger partial charge in [0.25, 0.3) is 0 Å². The van der Waals surface area contributed by atoms with Crippen molar-refractivity contribution in [1.29, 1.82) is 0 Å². The Bertz CT molecular complexity index is 471. The molecule has 2 unspecified atom stereocenters. The first kappa shape index (κ1) is 20.8. The van der Waals surface area contributed by atoms with Crippen molar-refractivity contribution in [2.75, 3.05) is 0 Å². The Labute approximate surface area is 151 Å². The summed E-state index contributed by atoms with van der Waals surface area (Å²) in [5.74, 6) is 5.69. The second kappa shape index (κ2) is 11.3. The average molecular weight is 352 g/mol. The first-order valence-corrected chi connectivity index (χ1v) is 9.73. The number of nitrogens with zero attached hydrogens (tertiary/aromatic N) is 3. The zero-order chi connectivity index (χ0) is 17.9. The van der Waals surface area contributed by atoms with Crippen molar-refractivity contribution < 1.29 is 0 Å². The highest BCUT2D eigenvalue weighted by Crippen LogP contribution is 2.31. The van der Waals surface area contributed by atoms with E-state index in [1.807, 2.05) is 24.5 Å². The van der Waals surface area contributed by atoms with E-state index in [1.54, 1.807) is 0 Å². The summed E-state index contributed by atoms with van der Waals surface area (Å²) in [6.07, 6.45) is 8.40. The van der Waals surface area contributed by atoms with Crippen LogP contribution in [-0.4, -0.2) is 26.9 Å². The number of hydrogen-bond acceptors (Lipinski definition) is 5. The monoisotopic (exact) mass is 351 g/mol. The van der Waals surface area contributed by atoms with Crippen LogP contribution in [0.15, 0.2) is 23.4 Å². The van der Waals surface area contributed by atoms with Crippen LogP contribution in [0.1, 0.15) is 70.6 Å². The molecule has 0 fully saturated rings. The minimum atomic E-state index is 0.362. The molecule has 5 nitrogen and oxygen atoms in total. The fourth-order valence-electron chi connectivity index (χ4n) is 2.64. The molecular weight excluding hydrogens is 318 g/mol. The van der Waals surface area contributed by atoms with E-state index in [4.69, 9.17) is 5.84 Å². The summed E-state index contributed by atoms with van der Waals surface area (Å²) >= 11 is 1.83. The van der Waals surface area contributed by atoms with Gasteiger partial charge in [-0.25, -0.2) is 11.4 Å². The topological polar surface area (TPSA) is 66.5 Å². The van der Waals surface area contributed by atoms with Crippen LogP contribution in [-0.2, 0) is 0 Å². The predicted octanol–water partition coefficient (Wildman–Crippen LogP) is 4.21. The molecule has 0 aliphatic carbocycles. The van der Waals surface area contributed by atoms with Gasteiger partial charge in [0.1, 0.15) is 6.34 Å². The smallest absolute Gasteiger partial charge is 0.123 e. The van der Waals surface area contributed by atoms with Crippen LogP contribution in [0.2, 0.25) is 0 Å². The number of aryl methyl sites for hydroxylation is 1. The molecule has 1 aromatic rings. The maximum absolute atomic E-state index is 5.33. The number of nitrogens with two attached hydrogens (primary N) is 1. The van der Waals surface area contributed by atoms with E-state index in [0.717, 1.165) is 31.4 Å². The van der Waals surface area contributed by atoms with Gasteiger partial charge in [-0.1, -0.05) is 46.6 Å². The highest BCUT2D eigenvalue weighted by atomic mass is 32.2. The molecule has 0 amide bonds. The number of hydrazine groups is 1. The van der Waals surface area contributed by atoms with Crippen molar-refractivity contribution in [3.63, 3.8) is 0 Å². The number of aromatic nitrogens is 1. The molecule has 0 bridgehead atoms. The van der Waals surface area contributed by atoms with Crippen LogP contribution in [0.5, 0.6) is 0 Å². The lowest BCUT2D eigenvalue weighted by Gasteiger charge is -2.32. The number of hydrazone groups is 1. The summed E-state index contributed by atoms with van der Waals surface area (Å²) in [6.45, 7) is 11.0. The van der Waals surface area contributed by atoms with E-state index >= 15 is 0 Å². The SMILES string of the molecule is CCCC(CCC)N(/C=N\NN)SC(C)C(C)c1ccc(C)cn1. The van der Waals surface area contributed by atoms with E-state index < -0.39 is 0 Å². The normalized spacial score (nSPS) is 14.1. The third kappa shape index (κ3) is 6.69. The van der Waals surface area contributed by atoms with Crippen LogP contribution in [0, 0.1) is 6.92 Å². The average Bonchev–Trinajstić information content (AvgIpc) is 2.58. The Morgan fingerprint density at radius 3 is 2.46 bits per heavy atom. The van der Waals surface area contributed by atoms with Crippen LogP contribution >= 0.6 is 11.9 Å². The minimum absolute atomic E-state index is 0.362. The standard InChI is InChI=1S/C18H33N5S/c1-6-8-17(9-7-2)23(13-21-22-19)24-16(5)15(4)18-11-10-14(3)12-20-18/h10-13,15-17,22H,6-9,19H2,1-5H3/b21-13-. The lowest BCUT2D eigenvalue weighted by molar-refractivity contribution is 0.409. The molecular formula is C18H33N5S. The lowest BCUT2D eigenvalue weighted by Crippen LogP contribution is -2.32. The van der Waals surface area contributed by atoms with Crippen molar-refractivity contribution in [1.82, 2.24) is 14.8 Å². The van der Waals surface area contributed by atoms with E-state index in [-0.39, 0.29) is 0 Å². The zero-order valence-corrected chi connectivity index (χ0v) is 16.5. The van der Waals surface area contributed by atoms with Crippen LogP contribution < -0.4 is 11.4 Å². The summed E-state index contributed by atoms with van der Waals surface area (Å²) in [4.78, 5) is 4.59. The van der Waals surface area contributed by atoms with Crippen molar-refractivity contribution in [3.8, 4) is 0 Å². The van der Waals surface area contributed by atoms with E-state index in [1.165, 1.54) is 5.56 Å². The highest BCUT2D eigenvalue weighted by molar-refractivity contribution is 7.98. The molecule has 1 aromatic heterocycles. The number of rotatable bonds is 11. The van der Waals surface area contributed by atoms with Gasteiger partial charge in [0.05, 0.1) is 0 Å². The number of nitrogens with one attached hydrogen (secondary N) is 1.